The van der Waals surface area contributed by atoms with Gasteiger partial charge in [-0.1, -0.05) is 19.1 Å². The third-order valence-electron chi connectivity index (χ3n) is 4.83. The summed E-state index contributed by atoms with van der Waals surface area (Å²) in [6.07, 6.45) is 0.512. The molecule has 2 atom stereocenters. The molecule has 1 aliphatic rings. The van der Waals surface area contributed by atoms with Crippen molar-refractivity contribution in [1.82, 2.24) is 9.88 Å². The van der Waals surface area contributed by atoms with Gasteiger partial charge in [-0.05, 0) is 36.6 Å². The van der Waals surface area contributed by atoms with Gasteiger partial charge >= 0.3 is 5.97 Å². The van der Waals surface area contributed by atoms with Gasteiger partial charge in [0.05, 0.1) is 25.9 Å². The molecule has 1 saturated heterocycles. The zero-order valence-corrected chi connectivity index (χ0v) is 15.8. The van der Waals surface area contributed by atoms with Crippen LogP contribution in [0.5, 0.6) is 0 Å². The molecule has 4 rings (SSSR count). The van der Waals surface area contributed by atoms with E-state index in [1.807, 2.05) is 43.3 Å². The van der Waals surface area contributed by atoms with Crippen LogP contribution in [-0.2, 0) is 4.79 Å². The molecule has 1 amide bonds. The summed E-state index contributed by atoms with van der Waals surface area (Å²) >= 11 is 3.08. The molecular formula is C19H18N2O3S2. The van der Waals surface area contributed by atoms with Crippen LogP contribution in [0.25, 0.3) is 20.1 Å². The highest BCUT2D eigenvalue weighted by molar-refractivity contribution is 7.26. The molecule has 5 nitrogen and oxygen atoms in total. The van der Waals surface area contributed by atoms with Crippen molar-refractivity contribution >= 4 is 44.8 Å². The highest BCUT2D eigenvalue weighted by Crippen LogP contribution is 2.35. The lowest BCUT2D eigenvalue weighted by Gasteiger charge is -2.34. The Kier molecular flexibility index (Phi) is 4.50. The Morgan fingerprint density at radius 2 is 2.00 bits per heavy atom. The number of benzene rings is 1. The van der Waals surface area contributed by atoms with Crippen molar-refractivity contribution in [2.75, 3.05) is 13.1 Å². The van der Waals surface area contributed by atoms with Gasteiger partial charge in [-0.25, -0.2) is 4.98 Å². The average Bonchev–Trinajstić information content (AvgIpc) is 3.27. The van der Waals surface area contributed by atoms with Crippen LogP contribution in [0.15, 0.2) is 36.4 Å². The summed E-state index contributed by atoms with van der Waals surface area (Å²) in [6.45, 7) is 2.89. The zero-order chi connectivity index (χ0) is 18.3. The van der Waals surface area contributed by atoms with E-state index in [0.29, 0.717) is 24.4 Å². The highest BCUT2D eigenvalue weighted by atomic mass is 32.1. The fraction of sp³-hybridized carbons (Fsp3) is 0.316. The molecule has 2 unspecified atom stereocenters. The summed E-state index contributed by atoms with van der Waals surface area (Å²) in [5, 5.41) is 10.2. The molecule has 1 aliphatic heterocycles. The first kappa shape index (κ1) is 17.2. The summed E-state index contributed by atoms with van der Waals surface area (Å²) < 4.78 is 1.13. The third-order valence-corrected chi connectivity index (χ3v) is 7.11. The highest BCUT2D eigenvalue weighted by Gasteiger charge is 2.33. The topological polar surface area (TPSA) is 70.5 Å². The second kappa shape index (κ2) is 6.81. The number of para-hydroxylation sites is 1. The predicted molar refractivity (Wildman–Crippen MR) is 104 cm³/mol. The molecule has 0 bridgehead atoms. The van der Waals surface area contributed by atoms with Crippen LogP contribution in [0, 0.1) is 11.8 Å². The minimum absolute atomic E-state index is 0.0157. The predicted octanol–water partition coefficient (Wildman–Crippen LogP) is 4.21. The Morgan fingerprint density at radius 3 is 2.73 bits per heavy atom. The number of fused-ring (bicyclic) bond motifs is 1. The van der Waals surface area contributed by atoms with Crippen LogP contribution in [0.1, 0.15) is 23.0 Å². The number of likely N-dealkylation sites (tertiary alicyclic amines) is 1. The maximum absolute atomic E-state index is 12.8. The van der Waals surface area contributed by atoms with Crippen LogP contribution < -0.4 is 0 Å². The number of carbonyl (C=O) groups excluding carboxylic acids is 1. The molecule has 1 fully saturated rings. The number of piperidine rings is 1. The van der Waals surface area contributed by atoms with Gasteiger partial charge in [-0.3, -0.25) is 9.59 Å². The molecule has 1 N–H and O–H groups in total. The number of hydrogen-bond donors (Lipinski definition) is 1. The number of carbonyl (C=O) groups is 2. The Balaban J connectivity index is 1.52. The quantitative estimate of drug-likeness (QED) is 0.732. The van der Waals surface area contributed by atoms with Gasteiger partial charge in [-0.2, -0.15) is 0 Å². The molecule has 134 valence electrons. The van der Waals surface area contributed by atoms with Crippen molar-refractivity contribution in [1.29, 1.82) is 0 Å². The van der Waals surface area contributed by atoms with Crippen molar-refractivity contribution in [3.8, 4) is 9.88 Å². The molecule has 7 heteroatoms. The number of nitrogens with zero attached hydrogens (tertiary/aromatic N) is 2. The SMILES string of the molecule is CC1CN(C(=O)c2ccc(-c3nc4ccccc4s3)s2)CCC1C(=O)O. The van der Waals surface area contributed by atoms with E-state index < -0.39 is 5.97 Å². The number of aliphatic carboxylic acids is 1. The van der Waals surface area contributed by atoms with Gasteiger partial charge in [0.15, 0.2) is 0 Å². The number of aromatic nitrogens is 1. The first-order valence-electron chi connectivity index (χ1n) is 8.51. The van der Waals surface area contributed by atoms with Gasteiger partial charge < -0.3 is 10.0 Å². The standard InChI is InChI=1S/C19H18N2O3S2/c1-11-10-21(9-8-12(11)19(23)24)18(22)16-7-6-15(25-16)17-20-13-4-2-3-5-14(13)26-17/h2-7,11-12H,8-10H2,1H3,(H,23,24). The second-order valence-corrected chi connectivity index (χ2v) is 8.73. The Bertz CT molecular complexity index is 945. The molecule has 3 heterocycles. The van der Waals surface area contributed by atoms with Crippen molar-refractivity contribution in [3.63, 3.8) is 0 Å². The number of carboxylic acids is 1. The van der Waals surface area contributed by atoms with E-state index in [9.17, 15) is 14.7 Å². The zero-order valence-electron chi connectivity index (χ0n) is 14.2. The smallest absolute Gasteiger partial charge is 0.306 e. The number of thiazole rings is 1. The van der Waals surface area contributed by atoms with Gasteiger partial charge in [0, 0.05) is 13.1 Å². The maximum atomic E-state index is 12.8. The minimum Gasteiger partial charge on any atom is -0.481 e. The van der Waals surface area contributed by atoms with Crippen molar-refractivity contribution in [2.45, 2.75) is 13.3 Å². The molecule has 3 aromatic rings. The molecule has 2 aromatic heterocycles. The van der Waals surface area contributed by atoms with Crippen LogP contribution >= 0.6 is 22.7 Å². The lowest BCUT2D eigenvalue weighted by atomic mass is 9.87. The third kappa shape index (κ3) is 3.12. The monoisotopic (exact) mass is 386 g/mol. The average molecular weight is 386 g/mol. The van der Waals surface area contributed by atoms with Gasteiger partial charge in [-0.15, -0.1) is 22.7 Å². The second-order valence-electron chi connectivity index (χ2n) is 6.61. The van der Waals surface area contributed by atoms with E-state index in [1.165, 1.54) is 11.3 Å². The summed E-state index contributed by atoms with van der Waals surface area (Å²) in [5.41, 5.74) is 0.971. The largest absolute Gasteiger partial charge is 0.481 e. The van der Waals surface area contributed by atoms with Crippen molar-refractivity contribution < 1.29 is 14.7 Å². The molecule has 0 saturated carbocycles. The van der Waals surface area contributed by atoms with E-state index in [-0.39, 0.29) is 17.7 Å². The van der Waals surface area contributed by atoms with E-state index in [1.54, 1.807) is 16.2 Å². The van der Waals surface area contributed by atoms with Crippen molar-refractivity contribution in [2.24, 2.45) is 11.8 Å². The molecule has 0 spiro atoms. The minimum atomic E-state index is -0.765. The van der Waals surface area contributed by atoms with Gasteiger partial charge in [0.25, 0.3) is 5.91 Å². The number of rotatable bonds is 3. The van der Waals surface area contributed by atoms with E-state index in [4.69, 9.17) is 0 Å². The van der Waals surface area contributed by atoms with E-state index >= 15 is 0 Å². The number of hydrogen-bond acceptors (Lipinski definition) is 5. The van der Waals surface area contributed by atoms with Gasteiger partial charge in [0.1, 0.15) is 5.01 Å². The number of carboxylic acid groups (broad SMARTS) is 1. The first-order chi connectivity index (χ1) is 12.5. The molecular weight excluding hydrogens is 368 g/mol. The molecule has 26 heavy (non-hydrogen) atoms. The van der Waals surface area contributed by atoms with Crippen LogP contribution in [0.3, 0.4) is 0 Å². The lowest BCUT2D eigenvalue weighted by molar-refractivity contribution is -0.145. The Hall–Kier alpha value is -2.25. The Labute approximate surface area is 158 Å². The fourth-order valence-corrected chi connectivity index (χ4v) is 5.39. The van der Waals surface area contributed by atoms with E-state index in [2.05, 4.69) is 4.98 Å². The van der Waals surface area contributed by atoms with Gasteiger partial charge in [0.2, 0.25) is 0 Å². The van der Waals surface area contributed by atoms with Crippen LogP contribution in [-0.4, -0.2) is 40.0 Å². The number of thiophene rings is 1. The maximum Gasteiger partial charge on any atom is 0.306 e. The normalized spacial score (nSPS) is 20.4. The fourth-order valence-electron chi connectivity index (χ4n) is 3.40. The molecule has 0 radical (unpaired) electrons. The summed E-state index contributed by atoms with van der Waals surface area (Å²) in [7, 11) is 0. The summed E-state index contributed by atoms with van der Waals surface area (Å²) in [5.74, 6) is -1.17. The summed E-state index contributed by atoms with van der Waals surface area (Å²) in [6, 6.07) is 11.8. The molecule has 1 aromatic carbocycles. The molecule has 0 aliphatic carbocycles. The first-order valence-corrected chi connectivity index (χ1v) is 10.1. The van der Waals surface area contributed by atoms with Crippen molar-refractivity contribution in [3.05, 3.63) is 41.3 Å². The number of amides is 1. The van der Waals surface area contributed by atoms with Crippen LogP contribution in [0.4, 0.5) is 0 Å². The van der Waals surface area contributed by atoms with E-state index in [0.717, 1.165) is 20.1 Å². The van der Waals surface area contributed by atoms with Crippen LogP contribution in [0.2, 0.25) is 0 Å². The Morgan fingerprint density at radius 1 is 1.19 bits per heavy atom. The lowest BCUT2D eigenvalue weighted by Crippen LogP contribution is -2.44. The summed E-state index contributed by atoms with van der Waals surface area (Å²) in [4.78, 5) is 32.1.